The van der Waals surface area contributed by atoms with Crippen molar-refractivity contribution in [3.8, 4) is 11.4 Å². The fourth-order valence-electron chi connectivity index (χ4n) is 2.94. The number of benzene rings is 2. The summed E-state index contributed by atoms with van der Waals surface area (Å²) in [6.07, 6.45) is 0.157. The van der Waals surface area contributed by atoms with Crippen LogP contribution in [-0.4, -0.2) is 36.4 Å². The van der Waals surface area contributed by atoms with Crippen LogP contribution in [0.1, 0.15) is 11.5 Å². The zero-order valence-corrected chi connectivity index (χ0v) is 14.7. The van der Waals surface area contributed by atoms with Gasteiger partial charge in [0.05, 0.1) is 19.6 Å². The fraction of sp³-hybridized carbons (Fsp3) is 0.263. The highest BCUT2D eigenvalue weighted by Gasteiger charge is 2.15. The second-order valence-electron chi connectivity index (χ2n) is 6.04. The molecule has 0 aliphatic carbocycles. The van der Waals surface area contributed by atoms with Crippen LogP contribution in [0.3, 0.4) is 0 Å². The van der Waals surface area contributed by atoms with E-state index in [0.717, 1.165) is 37.6 Å². The molecule has 0 N–H and O–H groups in total. The Bertz CT molecular complexity index is 872. The van der Waals surface area contributed by atoms with Gasteiger partial charge < -0.3 is 14.2 Å². The van der Waals surface area contributed by atoms with Gasteiger partial charge in [0.25, 0.3) is 0 Å². The summed E-state index contributed by atoms with van der Waals surface area (Å²) in [4.78, 5) is 6.64. The van der Waals surface area contributed by atoms with Gasteiger partial charge in [0.1, 0.15) is 5.82 Å². The molecule has 0 spiro atoms. The monoisotopic (exact) mass is 373 g/mol. The molecule has 3 aromatic rings. The standard InChI is InChI=1S/C19H17ClFN3O2/c20-16-2-1-3-17(21)15(16)12-18-22-19(23-26-18)13-4-6-14(7-5-13)24-8-10-25-11-9-24/h1-7H,8-12H2. The summed E-state index contributed by atoms with van der Waals surface area (Å²) in [7, 11) is 0. The van der Waals surface area contributed by atoms with Crippen LogP contribution < -0.4 is 4.90 Å². The third-order valence-corrected chi connectivity index (χ3v) is 4.71. The van der Waals surface area contributed by atoms with Gasteiger partial charge in [-0.3, -0.25) is 0 Å². The molecular weight excluding hydrogens is 357 g/mol. The summed E-state index contributed by atoms with van der Waals surface area (Å²) in [5.41, 5.74) is 2.34. The van der Waals surface area contributed by atoms with Gasteiger partial charge in [-0.1, -0.05) is 22.8 Å². The Morgan fingerprint density at radius 3 is 2.58 bits per heavy atom. The molecule has 0 saturated carbocycles. The van der Waals surface area contributed by atoms with E-state index >= 15 is 0 Å². The average molecular weight is 374 g/mol. The Morgan fingerprint density at radius 1 is 1.08 bits per heavy atom. The van der Waals surface area contributed by atoms with Crippen LogP contribution in [0, 0.1) is 5.82 Å². The molecule has 0 amide bonds. The smallest absolute Gasteiger partial charge is 0.231 e. The summed E-state index contributed by atoms with van der Waals surface area (Å²) >= 11 is 6.05. The number of rotatable bonds is 4. The molecule has 0 radical (unpaired) electrons. The van der Waals surface area contributed by atoms with Crippen molar-refractivity contribution in [2.24, 2.45) is 0 Å². The number of hydrogen-bond acceptors (Lipinski definition) is 5. The second kappa shape index (κ2) is 7.43. The van der Waals surface area contributed by atoms with Crippen LogP contribution >= 0.6 is 11.6 Å². The van der Waals surface area contributed by atoms with Crippen molar-refractivity contribution in [3.05, 3.63) is 64.8 Å². The zero-order chi connectivity index (χ0) is 17.9. The molecule has 2 aromatic carbocycles. The van der Waals surface area contributed by atoms with E-state index in [9.17, 15) is 4.39 Å². The van der Waals surface area contributed by atoms with E-state index in [0.29, 0.717) is 22.3 Å². The van der Waals surface area contributed by atoms with Crippen molar-refractivity contribution in [3.63, 3.8) is 0 Å². The van der Waals surface area contributed by atoms with Gasteiger partial charge in [0.2, 0.25) is 11.7 Å². The largest absolute Gasteiger partial charge is 0.378 e. The molecule has 1 aliphatic rings. The van der Waals surface area contributed by atoms with E-state index in [4.69, 9.17) is 20.9 Å². The van der Waals surface area contributed by atoms with Crippen LogP contribution in [-0.2, 0) is 11.2 Å². The Balaban J connectivity index is 1.51. The lowest BCUT2D eigenvalue weighted by Crippen LogP contribution is -2.36. The lowest BCUT2D eigenvalue weighted by Gasteiger charge is -2.28. The molecule has 134 valence electrons. The van der Waals surface area contributed by atoms with Gasteiger partial charge in [0, 0.05) is 34.9 Å². The maximum Gasteiger partial charge on any atom is 0.231 e. The third kappa shape index (κ3) is 3.57. The van der Waals surface area contributed by atoms with Crippen LogP contribution in [0.15, 0.2) is 47.0 Å². The Kier molecular flexibility index (Phi) is 4.86. The molecule has 2 heterocycles. The average Bonchev–Trinajstić information content (AvgIpc) is 3.14. The fourth-order valence-corrected chi connectivity index (χ4v) is 3.17. The predicted molar refractivity (Wildman–Crippen MR) is 97.0 cm³/mol. The van der Waals surface area contributed by atoms with E-state index < -0.39 is 0 Å². The minimum Gasteiger partial charge on any atom is -0.378 e. The Labute approximate surface area is 155 Å². The number of hydrogen-bond donors (Lipinski definition) is 0. The number of halogens is 2. The minimum atomic E-state index is -0.382. The number of anilines is 1. The third-order valence-electron chi connectivity index (χ3n) is 4.36. The first kappa shape index (κ1) is 17.0. The van der Waals surface area contributed by atoms with Crippen molar-refractivity contribution in [2.75, 3.05) is 31.2 Å². The lowest BCUT2D eigenvalue weighted by atomic mass is 10.1. The predicted octanol–water partition coefficient (Wildman–Crippen LogP) is 3.96. The normalized spacial score (nSPS) is 14.6. The van der Waals surface area contributed by atoms with Crippen LogP contribution in [0.2, 0.25) is 5.02 Å². The molecule has 0 bridgehead atoms. The molecule has 1 aliphatic heterocycles. The first-order chi connectivity index (χ1) is 12.7. The second-order valence-corrected chi connectivity index (χ2v) is 6.44. The van der Waals surface area contributed by atoms with Crippen molar-refractivity contribution >= 4 is 17.3 Å². The number of aromatic nitrogens is 2. The SMILES string of the molecule is Fc1cccc(Cl)c1Cc1nc(-c2ccc(N3CCOCC3)cc2)no1. The Hall–Kier alpha value is -2.44. The number of nitrogens with zero attached hydrogens (tertiary/aromatic N) is 3. The molecule has 1 saturated heterocycles. The highest BCUT2D eigenvalue weighted by molar-refractivity contribution is 6.31. The van der Waals surface area contributed by atoms with Gasteiger partial charge in [-0.05, 0) is 36.4 Å². The van der Waals surface area contributed by atoms with Gasteiger partial charge >= 0.3 is 0 Å². The van der Waals surface area contributed by atoms with E-state index in [1.54, 1.807) is 12.1 Å². The van der Waals surface area contributed by atoms with Gasteiger partial charge in [0.15, 0.2) is 0 Å². The Morgan fingerprint density at radius 2 is 1.85 bits per heavy atom. The van der Waals surface area contributed by atoms with Crippen molar-refractivity contribution in [1.29, 1.82) is 0 Å². The zero-order valence-electron chi connectivity index (χ0n) is 14.0. The molecule has 1 aromatic heterocycles. The van der Waals surface area contributed by atoms with Crippen LogP contribution in [0.4, 0.5) is 10.1 Å². The maximum atomic E-state index is 13.9. The van der Waals surface area contributed by atoms with E-state index in [2.05, 4.69) is 15.0 Å². The molecule has 5 nitrogen and oxygen atoms in total. The van der Waals surface area contributed by atoms with E-state index in [1.165, 1.54) is 6.07 Å². The maximum absolute atomic E-state index is 13.9. The number of morpholine rings is 1. The summed E-state index contributed by atoms with van der Waals surface area (Å²) < 4.78 is 24.5. The highest BCUT2D eigenvalue weighted by atomic mass is 35.5. The van der Waals surface area contributed by atoms with Crippen LogP contribution in [0.25, 0.3) is 11.4 Å². The molecule has 0 atom stereocenters. The quantitative estimate of drug-likeness (QED) is 0.693. The first-order valence-corrected chi connectivity index (χ1v) is 8.77. The minimum absolute atomic E-state index is 0.157. The molecule has 0 unspecified atom stereocenters. The van der Waals surface area contributed by atoms with Gasteiger partial charge in [-0.25, -0.2) is 4.39 Å². The van der Waals surface area contributed by atoms with Gasteiger partial charge in [-0.2, -0.15) is 4.98 Å². The van der Waals surface area contributed by atoms with Crippen molar-refractivity contribution in [1.82, 2.24) is 10.1 Å². The molecule has 7 heteroatoms. The first-order valence-electron chi connectivity index (χ1n) is 8.39. The summed E-state index contributed by atoms with van der Waals surface area (Å²) in [6.45, 7) is 3.26. The highest BCUT2D eigenvalue weighted by Crippen LogP contribution is 2.25. The summed E-state index contributed by atoms with van der Waals surface area (Å²) in [6, 6.07) is 12.5. The molecule has 1 fully saturated rings. The topological polar surface area (TPSA) is 51.4 Å². The van der Waals surface area contributed by atoms with Crippen molar-refractivity contribution in [2.45, 2.75) is 6.42 Å². The molecule has 4 rings (SSSR count). The molecular formula is C19H17ClFN3O2. The van der Waals surface area contributed by atoms with E-state index in [1.807, 2.05) is 24.3 Å². The van der Waals surface area contributed by atoms with E-state index in [-0.39, 0.29) is 12.2 Å². The summed E-state index contributed by atoms with van der Waals surface area (Å²) in [5.74, 6) is 0.414. The van der Waals surface area contributed by atoms with Crippen LogP contribution in [0.5, 0.6) is 0 Å². The lowest BCUT2D eigenvalue weighted by molar-refractivity contribution is 0.122. The van der Waals surface area contributed by atoms with Gasteiger partial charge in [-0.15, -0.1) is 0 Å². The van der Waals surface area contributed by atoms with Crippen molar-refractivity contribution < 1.29 is 13.7 Å². The number of ether oxygens (including phenoxy) is 1. The molecule has 26 heavy (non-hydrogen) atoms. The summed E-state index contributed by atoms with van der Waals surface area (Å²) in [5, 5.41) is 4.35.